The van der Waals surface area contributed by atoms with Crippen LogP contribution in [0.2, 0.25) is 0 Å². The van der Waals surface area contributed by atoms with Gasteiger partial charge in [-0.25, -0.2) is 0 Å². The van der Waals surface area contributed by atoms with E-state index < -0.39 is 5.54 Å². The van der Waals surface area contributed by atoms with Gasteiger partial charge in [-0.15, -0.1) is 0 Å². The second-order valence-corrected chi connectivity index (χ2v) is 7.20. The van der Waals surface area contributed by atoms with E-state index >= 15 is 0 Å². The fourth-order valence-corrected chi connectivity index (χ4v) is 4.64. The summed E-state index contributed by atoms with van der Waals surface area (Å²) in [7, 11) is 0. The first-order valence-corrected chi connectivity index (χ1v) is 7.59. The van der Waals surface area contributed by atoms with E-state index in [1.165, 1.54) is 32.1 Å². The number of amides is 1. The van der Waals surface area contributed by atoms with Crippen molar-refractivity contribution in [2.24, 2.45) is 29.4 Å². The first-order chi connectivity index (χ1) is 8.49. The molecule has 1 unspecified atom stereocenters. The van der Waals surface area contributed by atoms with Gasteiger partial charge < -0.3 is 11.1 Å². The predicted molar refractivity (Wildman–Crippen MR) is 71.9 cm³/mol. The van der Waals surface area contributed by atoms with Crippen LogP contribution in [-0.2, 0) is 4.79 Å². The first-order valence-electron chi connectivity index (χ1n) is 7.59. The molecule has 4 fully saturated rings. The van der Waals surface area contributed by atoms with Crippen molar-refractivity contribution in [2.45, 2.75) is 64.0 Å². The van der Waals surface area contributed by atoms with Gasteiger partial charge in [0.2, 0.25) is 5.91 Å². The van der Waals surface area contributed by atoms with Crippen molar-refractivity contribution in [1.82, 2.24) is 5.32 Å². The second kappa shape index (κ2) is 4.22. The Kier molecular flexibility index (Phi) is 2.92. The van der Waals surface area contributed by atoms with Crippen LogP contribution in [0.15, 0.2) is 0 Å². The zero-order valence-corrected chi connectivity index (χ0v) is 11.6. The molecule has 4 aliphatic carbocycles. The first kappa shape index (κ1) is 12.5. The number of nitrogens with one attached hydrogen (secondary N) is 1. The van der Waals surface area contributed by atoms with Crippen LogP contribution >= 0.6 is 0 Å². The maximum absolute atomic E-state index is 12.3. The lowest BCUT2D eigenvalue weighted by molar-refractivity contribution is -0.129. The lowest BCUT2D eigenvalue weighted by Crippen LogP contribution is -2.61. The highest BCUT2D eigenvalue weighted by Crippen LogP contribution is 2.53. The molecule has 18 heavy (non-hydrogen) atoms. The molecule has 0 spiro atoms. The Bertz CT molecular complexity index is 322. The molecule has 3 nitrogen and oxygen atoms in total. The monoisotopic (exact) mass is 250 g/mol. The van der Waals surface area contributed by atoms with Gasteiger partial charge in [-0.3, -0.25) is 4.79 Å². The molecule has 0 radical (unpaired) electrons. The van der Waals surface area contributed by atoms with Crippen LogP contribution < -0.4 is 11.1 Å². The summed E-state index contributed by atoms with van der Waals surface area (Å²) in [4.78, 5) is 12.3. The molecular weight excluding hydrogens is 224 g/mol. The summed E-state index contributed by atoms with van der Waals surface area (Å²) in [6.07, 6.45) is 7.51. The molecule has 0 aromatic heterocycles. The Hall–Kier alpha value is -0.570. The van der Waals surface area contributed by atoms with E-state index in [-0.39, 0.29) is 5.91 Å². The minimum absolute atomic E-state index is 0.0578. The number of carbonyl (C=O) groups is 1. The van der Waals surface area contributed by atoms with Gasteiger partial charge in [-0.05, 0) is 69.1 Å². The van der Waals surface area contributed by atoms with Gasteiger partial charge in [0.1, 0.15) is 0 Å². The average molecular weight is 250 g/mol. The van der Waals surface area contributed by atoms with Gasteiger partial charge in [0.25, 0.3) is 0 Å². The normalized spacial score (nSPS) is 44.7. The van der Waals surface area contributed by atoms with Gasteiger partial charge in [0.05, 0.1) is 5.54 Å². The highest BCUT2D eigenvalue weighted by Gasteiger charge is 2.49. The van der Waals surface area contributed by atoms with Crippen molar-refractivity contribution in [3.8, 4) is 0 Å². The molecule has 0 aromatic rings. The molecule has 4 saturated carbocycles. The highest BCUT2D eigenvalue weighted by atomic mass is 16.2. The number of rotatable bonds is 3. The molecule has 0 aliphatic heterocycles. The maximum Gasteiger partial charge on any atom is 0.240 e. The lowest BCUT2D eigenvalue weighted by atomic mass is 9.54. The van der Waals surface area contributed by atoms with Crippen LogP contribution in [-0.4, -0.2) is 17.5 Å². The number of nitrogens with two attached hydrogens (primary N) is 1. The molecule has 4 rings (SSSR count). The summed E-state index contributed by atoms with van der Waals surface area (Å²) < 4.78 is 0. The molecule has 3 heteroatoms. The van der Waals surface area contributed by atoms with Crippen molar-refractivity contribution in [3.05, 3.63) is 0 Å². The minimum atomic E-state index is -0.700. The van der Waals surface area contributed by atoms with Gasteiger partial charge >= 0.3 is 0 Å². The summed E-state index contributed by atoms with van der Waals surface area (Å²) in [5, 5.41) is 3.29. The SMILES string of the molecule is CCC(C)(N)C(=O)NC1C2CC3CC(C2)CC1C3. The lowest BCUT2D eigenvalue weighted by Gasteiger charge is -2.54. The van der Waals surface area contributed by atoms with Crippen LogP contribution in [0.4, 0.5) is 0 Å². The predicted octanol–water partition coefficient (Wildman–Crippen LogP) is 2.05. The molecular formula is C15H26N2O. The number of hydrogen-bond acceptors (Lipinski definition) is 2. The summed E-state index contributed by atoms with van der Waals surface area (Å²) in [6.45, 7) is 3.83. The fourth-order valence-electron chi connectivity index (χ4n) is 4.64. The topological polar surface area (TPSA) is 55.1 Å². The molecule has 0 aromatic carbocycles. The molecule has 1 atom stereocenters. The van der Waals surface area contributed by atoms with E-state index in [0.717, 1.165) is 23.7 Å². The average Bonchev–Trinajstić information content (AvgIpc) is 2.32. The minimum Gasteiger partial charge on any atom is -0.351 e. The van der Waals surface area contributed by atoms with E-state index in [4.69, 9.17) is 5.73 Å². The van der Waals surface area contributed by atoms with Gasteiger partial charge in [0, 0.05) is 6.04 Å². The quantitative estimate of drug-likeness (QED) is 0.805. The van der Waals surface area contributed by atoms with E-state index in [9.17, 15) is 4.79 Å². The van der Waals surface area contributed by atoms with Crippen molar-refractivity contribution >= 4 is 5.91 Å². The molecule has 0 heterocycles. The third kappa shape index (κ3) is 1.97. The Morgan fingerprint density at radius 3 is 2.11 bits per heavy atom. The number of hydrogen-bond donors (Lipinski definition) is 2. The standard InChI is InChI=1S/C15H26N2O/c1-3-15(2,16)14(18)17-13-11-5-9-4-10(7-11)8-12(13)6-9/h9-13H,3-8,16H2,1-2H3,(H,17,18). The molecule has 3 N–H and O–H groups in total. The smallest absolute Gasteiger partial charge is 0.240 e. The summed E-state index contributed by atoms with van der Waals surface area (Å²) >= 11 is 0. The van der Waals surface area contributed by atoms with Crippen LogP contribution in [0.3, 0.4) is 0 Å². The Morgan fingerprint density at radius 2 is 1.67 bits per heavy atom. The third-order valence-electron chi connectivity index (χ3n) is 5.78. The zero-order valence-electron chi connectivity index (χ0n) is 11.6. The van der Waals surface area contributed by atoms with Crippen LogP contribution in [0.1, 0.15) is 52.4 Å². The molecule has 0 saturated heterocycles. The van der Waals surface area contributed by atoms with E-state index in [1.54, 1.807) is 0 Å². The van der Waals surface area contributed by atoms with Crippen LogP contribution in [0.5, 0.6) is 0 Å². The maximum atomic E-state index is 12.3. The van der Waals surface area contributed by atoms with Crippen molar-refractivity contribution in [3.63, 3.8) is 0 Å². The van der Waals surface area contributed by atoms with Crippen molar-refractivity contribution in [1.29, 1.82) is 0 Å². The largest absolute Gasteiger partial charge is 0.351 e. The van der Waals surface area contributed by atoms with Gasteiger partial charge in [0.15, 0.2) is 0 Å². The number of carbonyl (C=O) groups excluding carboxylic acids is 1. The van der Waals surface area contributed by atoms with E-state index in [0.29, 0.717) is 12.5 Å². The molecule has 4 aliphatic rings. The van der Waals surface area contributed by atoms with Gasteiger partial charge in [-0.1, -0.05) is 6.92 Å². The third-order valence-corrected chi connectivity index (χ3v) is 5.78. The molecule has 102 valence electrons. The van der Waals surface area contributed by atoms with Crippen LogP contribution in [0, 0.1) is 23.7 Å². The summed E-state index contributed by atoms with van der Waals surface area (Å²) in [5.41, 5.74) is 5.35. The van der Waals surface area contributed by atoms with Crippen molar-refractivity contribution in [2.75, 3.05) is 0 Å². The highest BCUT2D eigenvalue weighted by molar-refractivity contribution is 5.85. The fraction of sp³-hybridized carbons (Fsp3) is 0.933. The summed E-state index contributed by atoms with van der Waals surface area (Å²) in [5.74, 6) is 3.44. The van der Waals surface area contributed by atoms with Crippen LogP contribution in [0.25, 0.3) is 0 Å². The second-order valence-electron chi connectivity index (χ2n) is 7.20. The van der Waals surface area contributed by atoms with E-state index in [2.05, 4.69) is 5.32 Å². The Balaban J connectivity index is 1.69. The van der Waals surface area contributed by atoms with E-state index in [1.807, 2.05) is 13.8 Å². The Morgan fingerprint density at radius 1 is 1.17 bits per heavy atom. The van der Waals surface area contributed by atoms with Gasteiger partial charge in [-0.2, -0.15) is 0 Å². The molecule has 1 amide bonds. The Labute approximate surface area is 110 Å². The summed E-state index contributed by atoms with van der Waals surface area (Å²) in [6, 6.07) is 0.416. The molecule has 4 bridgehead atoms. The van der Waals surface area contributed by atoms with Crippen molar-refractivity contribution < 1.29 is 4.79 Å². The zero-order chi connectivity index (χ0) is 12.9.